The van der Waals surface area contributed by atoms with Crippen molar-refractivity contribution in [2.75, 3.05) is 0 Å². The van der Waals surface area contributed by atoms with E-state index in [1.807, 2.05) is 0 Å². The van der Waals surface area contributed by atoms with E-state index in [0.29, 0.717) is 6.04 Å². The molecule has 0 heterocycles. The highest BCUT2D eigenvalue weighted by molar-refractivity contribution is 5.97. The van der Waals surface area contributed by atoms with Crippen LogP contribution in [0, 0.1) is 0 Å². The molecule has 0 aromatic heterocycles. The molecule has 0 bridgehead atoms. The largest absolute Gasteiger partial charge is 0.286 e. The zero-order valence-corrected chi connectivity index (χ0v) is 5.96. The fourth-order valence-corrected chi connectivity index (χ4v) is 1.04. The third-order valence-corrected chi connectivity index (χ3v) is 1.76. The third kappa shape index (κ3) is 1.35. The Bertz CT molecular complexity index is 207. The van der Waals surface area contributed by atoms with Crippen LogP contribution in [0.15, 0.2) is 29.3 Å². The fraction of sp³-hybridized carbons (Fsp3) is 0.444. The van der Waals surface area contributed by atoms with Gasteiger partial charge < -0.3 is 0 Å². The number of hydrogen-bond acceptors (Lipinski definition) is 1. The van der Waals surface area contributed by atoms with Crippen LogP contribution >= 0.6 is 0 Å². The predicted molar refractivity (Wildman–Crippen MR) is 43.4 cm³/mol. The normalized spacial score (nSPS) is 27.8. The summed E-state index contributed by atoms with van der Waals surface area (Å²) >= 11 is 0. The lowest BCUT2D eigenvalue weighted by Gasteiger charge is -1.98. The number of allylic oxidation sites excluding steroid dienone is 4. The van der Waals surface area contributed by atoms with Crippen molar-refractivity contribution >= 4 is 5.71 Å². The Labute approximate surface area is 61.2 Å². The maximum Gasteiger partial charge on any atom is 0.0504 e. The minimum Gasteiger partial charge on any atom is -0.286 e. The van der Waals surface area contributed by atoms with E-state index in [4.69, 9.17) is 0 Å². The topological polar surface area (TPSA) is 12.4 Å². The molecule has 2 aliphatic carbocycles. The summed E-state index contributed by atoms with van der Waals surface area (Å²) in [5.41, 5.74) is 1.25. The molecule has 0 N–H and O–H groups in total. The summed E-state index contributed by atoms with van der Waals surface area (Å²) in [5.74, 6) is 0. The van der Waals surface area contributed by atoms with Crippen molar-refractivity contribution in [3.8, 4) is 0 Å². The van der Waals surface area contributed by atoms with Gasteiger partial charge in [0.2, 0.25) is 0 Å². The molecule has 0 radical (unpaired) electrons. The highest BCUT2D eigenvalue weighted by atomic mass is 14.8. The number of aliphatic imine (C=N–C) groups is 1. The van der Waals surface area contributed by atoms with Gasteiger partial charge in [-0.15, -0.1) is 0 Å². The summed E-state index contributed by atoms with van der Waals surface area (Å²) in [6, 6.07) is 0.672. The molecule has 1 heteroatoms. The third-order valence-electron chi connectivity index (χ3n) is 1.76. The lowest BCUT2D eigenvalue weighted by Crippen LogP contribution is -1.95. The molecule has 1 saturated carbocycles. The first-order valence-electron chi connectivity index (χ1n) is 3.85. The van der Waals surface area contributed by atoms with Crippen LogP contribution in [0.5, 0.6) is 0 Å². The number of hydrogen-bond donors (Lipinski definition) is 0. The van der Waals surface area contributed by atoms with Crippen molar-refractivity contribution in [2.45, 2.75) is 25.3 Å². The van der Waals surface area contributed by atoms with Crippen LogP contribution in [0.1, 0.15) is 19.3 Å². The second-order valence-corrected chi connectivity index (χ2v) is 2.84. The molecule has 0 atom stereocenters. The summed E-state index contributed by atoms with van der Waals surface area (Å²) in [4.78, 5) is 4.53. The van der Waals surface area contributed by atoms with Crippen LogP contribution in [0.2, 0.25) is 0 Å². The molecule has 0 unspecified atom stereocenters. The molecule has 0 amide bonds. The SMILES string of the molecule is C1=CCC(=NC2CC2)C=C1. The molecule has 0 aromatic rings. The summed E-state index contributed by atoms with van der Waals surface area (Å²) < 4.78 is 0. The van der Waals surface area contributed by atoms with E-state index < -0.39 is 0 Å². The molecule has 2 rings (SSSR count). The quantitative estimate of drug-likeness (QED) is 0.519. The Balaban J connectivity index is 2.03. The summed E-state index contributed by atoms with van der Waals surface area (Å²) in [6.45, 7) is 0. The van der Waals surface area contributed by atoms with E-state index in [9.17, 15) is 0 Å². The van der Waals surface area contributed by atoms with E-state index in [1.165, 1.54) is 18.6 Å². The maximum absolute atomic E-state index is 4.53. The maximum atomic E-state index is 4.53. The minimum absolute atomic E-state index is 0.672. The molecule has 10 heavy (non-hydrogen) atoms. The van der Waals surface area contributed by atoms with Crippen LogP contribution in [0.3, 0.4) is 0 Å². The molecule has 0 aromatic carbocycles. The van der Waals surface area contributed by atoms with Crippen molar-refractivity contribution in [1.29, 1.82) is 0 Å². The number of rotatable bonds is 1. The van der Waals surface area contributed by atoms with E-state index in [0.717, 1.165) is 6.42 Å². The monoisotopic (exact) mass is 133 g/mol. The van der Waals surface area contributed by atoms with Crippen LogP contribution in [0.4, 0.5) is 0 Å². The van der Waals surface area contributed by atoms with Crippen molar-refractivity contribution in [1.82, 2.24) is 0 Å². The standard InChI is InChI=1S/C9H11N/c1-2-4-8(5-3-1)10-9-6-7-9/h1-4,9H,5-7H2. The molecule has 0 aliphatic heterocycles. The molecule has 0 spiro atoms. The first-order valence-corrected chi connectivity index (χ1v) is 3.85. The van der Waals surface area contributed by atoms with Crippen LogP contribution < -0.4 is 0 Å². The van der Waals surface area contributed by atoms with Crippen LogP contribution in [-0.2, 0) is 0 Å². The van der Waals surface area contributed by atoms with Gasteiger partial charge in [0.05, 0.1) is 6.04 Å². The van der Waals surface area contributed by atoms with Crippen molar-refractivity contribution in [3.63, 3.8) is 0 Å². The van der Waals surface area contributed by atoms with Crippen LogP contribution in [0.25, 0.3) is 0 Å². The van der Waals surface area contributed by atoms with Gasteiger partial charge in [-0.05, 0) is 18.9 Å². The van der Waals surface area contributed by atoms with Gasteiger partial charge in [0.15, 0.2) is 0 Å². The average Bonchev–Trinajstić information content (AvgIpc) is 2.74. The van der Waals surface area contributed by atoms with Crippen molar-refractivity contribution in [2.24, 2.45) is 4.99 Å². The van der Waals surface area contributed by atoms with Gasteiger partial charge >= 0.3 is 0 Å². The van der Waals surface area contributed by atoms with Gasteiger partial charge in [0, 0.05) is 12.1 Å². The van der Waals surface area contributed by atoms with E-state index in [-0.39, 0.29) is 0 Å². The Hall–Kier alpha value is -0.850. The zero-order chi connectivity index (χ0) is 6.81. The number of nitrogens with zero attached hydrogens (tertiary/aromatic N) is 1. The Morgan fingerprint density at radius 3 is 2.80 bits per heavy atom. The van der Waals surface area contributed by atoms with E-state index >= 15 is 0 Å². The van der Waals surface area contributed by atoms with E-state index in [1.54, 1.807) is 0 Å². The second kappa shape index (κ2) is 2.41. The first kappa shape index (κ1) is 5.90. The Morgan fingerprint density at radius 2 is 2.20 bits per heavy atom. The Morgan fingerprint density at radius 1 is 1.30 bits per heavy atom. The lowest BCUT2D eigenvalue weighted by atomic mass is 10.1. The summed E-state index contributed by atoms with van der Waals surface area (Å²) in [7, 11) is 0. The van der Waals surface area contributed by atoms with Gasteiger partial charge in [0.25, 0.3) is 0 Å². The minimum atomic E-state index is 0.672. The van der Waals surface area contributed by atoms with Gasteiger partial charge in [0.1, 0.15) is 0 Å². The van der Waals surface area contributed by atoms with E-state index in [2.05, 4.69) is 29.3 Å². The van der Waals surface area contributed by atoms with Crippen molar-refractivity contribution < 1.29 is 0 Å². The smallest absolute Gasteiger partial charge is 0.0504 e. The van der Waals surface area contributed by atoms with Gasteiger partial charge in [-0.3, -0.25) is 4.99 Å². The molecular weight excluding hydrogens is 122 g/mol. The zero-order valence-electron chi connectivity index (χ0n) is 5.96. The highest BCUT2D eigenvalue weighted by Gasteiger charge is 2.20. The summed E-state index contributed by atoms with van der Waals surface area (Å²) in [5, 5.41) is 0. The van der Waals surface area contributed by atoms with Crippen molar-refractivity contribution in [3.05, 3.63) is 24.3 Å². The summed E-state index contributed by atoms with van der Waals surface area (Å²) in [6.07, 6.45) is 12.0. The lowest BCUT2D eigenvalue weighted by molar-refractivity contribution is 1.06. The second-order valence-electron chi connectivity index (χ2n) is 2.84. The fourth-order valence-electron chi connectivity index (χ4n) is 1.04. The molecule has 52 valence electrons. The molecule has 2 aliphatic rings. The van der Waals surface area contributed by atoms with Gasteiger partial charge in [-0.25, -0.2) is 0 Å². The average molecular weight is 133 g/mol. The first-order chi connectivity index (χ1) is 4.95. The van der Waals surface area contributed by atoms with Gasteiger partial charge in [-0.2, -0.15) is 0 Å². The molecule has 0 saturated heterocycles. The predicted octanol–water partition coefficient (Wildman–Crippen LogP) is 2.11. The molecule has 1 fully saturated rings. The molecule has 1 nitrogen and oxygen atoms in total. The Kier molecular flexibility index (Phi) is 1.42. The van der Waals surface area contributed by atoms with Crippen LogP contribution in [-0.4, -0.2) is 11.8 Å². The van der Waals surface area contributed by atoms with Gasteiger partial charge in [-0.1, -0.05) is 18.2 Å². The molecular formula is C9H11N. The highest BCUT2D eigenvalue weighted by Crippen LogP contribution is 2.24.